The maximum absolute atomic E-state index is 14.9. The molecule has 1 saturated heterocycles. The van der Waals surface area contributed by atoms with Crippen LogP contribution in [0.15, 0.2) is 61.2 Å². The van der Waals surface area contributed by atoms with Crippen LogP contribution in [-0.2, 0) is 35.6 Å². The van der Waals surface area contributed by atoms with E-state index >= 15 is 0 Å². The fourth-order valence-electron chi connectivity index (χ4n) is 9.04. The van der Waals surface area contributed by atoms with Gasteiger partial charge < -0.3 is 29.7 Å². The van der Waals surface area contributed by atoms with Gasteiger partial charge in [0.1, 0.15) is 35.2 Å². The first-order valence-electron chi connectivity index (χ1n) is 21.0. The Morgan fingerprint density at radius 2 is 1.78 bits per heavy atom. The summed E-state index contributed by atoms with van der Waals surface area (Å²) in [5.74, 6) is -1.37. The first-order chi connectivity index (χ1) is 28.5. The van der Waals surface area contributed by atoms with Gasteiger partial charge in [0.05, 0.1) is 36.7 Å². The summed E-state index contributed by atoms with van der Waals surface area (Å²) >= 11 is 0. The number of fused-ring (bicyclic) bond motifs is 3. The minimum absolute atomic E-state index is 0.00447. The molecule has 15 heteroatoms. The first-order valence-corrected chi connectivity index (χ1v) is 22.5. The zero-order valence-electron chi connectivity index (χ0n) is 33.5. The molecule has 3 N–H and O–H groups in total. The number of amides is 4. The summed E-state index contributed by atoms with van der Waals surface area (Å²) in [5, 5.41) is 5.87. The SMILES string of the molecule is C=C[C@@H]1C[C@]1(NC(=O)[C@@H]1C[C@@H]2CN1C(=O)[C@H](C1CCCCC1)NC(=O)OCCCCCc1cc3c(cc(-c4ccccc4)nc3cc1OC)O2)C(=O)NS(=O)(=O)C1CC1. The summed E-state index contributed by atoms with van der Waals surface area (Å²) in [6.45, 7) is 4.01. The molecule has 314 valence electrons. The van der Waals surface area contributed by atoms with E-state index in [0.717, 1.165) is 61.5 Å². The minimum Gasteiger partial charge on any atom is -0.496 e. The molecule has 14 nitrogen and oxygen atoms in total. The number of aryl methyl sites for hydroxylation is 1. The van der Waals surface area contributed by atoms with Crippen molar-refractivity contribution in [3.05, 3.63) is 66.7 Å². The Kier molecular flexibility index (Phi) is 11.6. The number of nitrogens with one attached hydrogen (secondary N) is 3. The molecule has 4 bridgehead atoms. The summed E-state index contributed by atoms with van der Waals surface area (Å²) in [7, 11) is -2.28. The van der Waals surface area contributed by atoms with Crippen molar-refractivity contribution in [2.24, 2.45) is 11.8 Å². The number of cyclic esters (lactones) is 1. The zero-order chi connectivity index (χ0) is 41.3. The van der Waals surface area contributed by atoms with E-state index in [1.54, 1.807) is 7.11 Å². The number of benzene rings is 2. The van der Waals surface area contributed by atoms with Gasteiger partial charge in [-0.15, -0.1) is 6.58 Å². The lowest BCUT2D eigenvalue weighted by Gasteiger charge is -2.34. The lowest BCUT2D eigenvalue weighted by molar-refractivity contribution is -0.142. The van der Waals surface area contributed by atoms with E-state index in [2.05, 4.69) is 21.9 Å². The van der Waals surface area contributed by atoms with Crippen LogP contribution in [0, 0.1) is 11.8 Å². The Morgan fingerprint density at radius 3 is 2.49 bits per heavy atom. The van der Waals surface area contributed by atoms with E-state index < -0.39 is 68.7 Å². The average Bonchev–Trinajstić information content (AvgIpc) is 4.17. The molecule has 5 atom stereocenters. The largest absolute Gasteiger partial charge is 0.496 e. The van der Waals surface area contributed by atoms with Crippen molar-refractivity contribution in [1.82, 2.24) is 25.2 Å². The molecule has 0 unspecified atom stereocenters. The number of hydrogen-bond donors (Lipinski definition) is 3. The molecule has 3 heterocycles. The van der Waals surface area contributed by atoms with Gasteiger partial charge >= 0.3 is 6.09 Å². The number of methoxy groups -OCH3 is 1. The van der Waals surface area contributed by atoms with Crippen molar-refractivity contribution in [3.63, 3.8) is 0 Å². The smallest absolute Gasteiger partial charge is 0.407 e. The van der Waals surface area contributed by atoms with E-state index in [4.69, 9.17) is 19.2 Å². The van der Waals surface area contributed by atoms with Gasteiger partial charge in [0.2, 0.25) is 21.8 Å². The molecule has 2 aromatic carbocycles. The van der Waals surface area contributed by atoms with Gasteiger partial charge in [0, 0.05) is 35.4 Å². The Labute approximate surface area is 344 Å². The molecule has 0 radical (unpaired) electrons. The molecule has 59 heavy (non-hydrogen) atoms. The molecule has 8 rings (SSSR count). The fourth-order valence-corrected chi connectivity index (χ4v) is 10.4. The number of sulfonamides is 1. The highest BCUT2D eigenvalue weighted by atomic mass is 32.2. The summed E-state index contributed by atoms with van der Waals surface area (Å²) < 4.78 is 46.2. The Hall–Kier alpha value is -5.18. The van der Waals surface area contributed by atoms with Gasteiger partial charge in [0.25, 0.3) is 5.91 Å². The maximum Gasteiger partial charge on any atom is 0.407 e. The average molecular weight is 828 g/mol. The second kappa shape index (κ2) is 16.8. The number of carbonyl (C=O) groups is 4. The Morgan fingerprint density at radius 1 is 1.02 bits per heavy atom. The topological polar surface area (TPSA) is 182 Å². The van der Waals surface area contributed by atoms with E-state index in [1.807, 2.05) is 48.5 Å². The highest BCUT2D eigenvalue weighted by molar-refractivity contribution is 7.91. The normalized spacial score (nSPS) is 26.8. The molecular weight excluding hydrogens is 775 g/mol. The van der Waals surface area contributed by atoms with E-state index in [1.165, 1.54) is 11.0 Å². The van der Waals surface area contributed by atoms with Gasteiger partial charge in [-0.25, -0.2) is 18.2 Å². The van der Waals surface area contributed by atoms with Gasteiger partial charge in [-0.2, -0.15) is 0 Å². The molecule has 3 aliphatic carbocycles. The second-order valence-electron chi connectivity index (χ2n) is 16.7. The summed E-state index contributed by atoms with van der Waals surface area (Å²) in [6.07, 6.45) is 8.48. The van der Waals surface area contributed by atoms with Crippen LogP contribution in [0.4, 0.5) is 4.79 Å². The van der Waals surface area contributed by atoms with Crippen molar-refractivity contribution < 1.29 is 41.8 Å². The molecule has 4 amide bonds. The van der Waals surface area contributed by atoms with E-state index in [0.29, 0.717) is 48.4 Å². The maximum atomic E-state index is 14.9. The van der Waals surface area contributed by atoms with Gasteiger partial charge in [-0.05, 0) is 75.3 Å². The van der Waals surface area contributed by atoms with Gasteiger partial charge in [-0.3, -0.25) is 19.1 Å². The predicted octanol–water partition coefficient (Wildman–Crippen LogP) is 5.33. The monoisotopic (exact) mass is 827 g/mol. The minimum atomic E-state index is -3.91. The fraction of sp³-hybridized carbons (Fsp3) is 0.523. The second-order valence-corrected chi connectivity index (χ2v) is 18.6. The van der Waals surface area contributed by atoms with Crippen molar-refractivity contribution in [1.29, 1.82) is 0 Å². The summed E-state index contributed by atoms with van der Waals surface area (Å²) in [6, 6.07) is 13.5. The quantitative estimate of drug-likeness (QED) is 0.239. The van der Waals surface area contributed by atoms with E-state index in [-0.39, 0.29) is 31.9 Å². The highest BCUT2D eigenvalue weighted by Crippen LogP contribution is 2.46. The first kappa shape index (κ1) is 40.6. The third-order valence-electron chi connectivity index (χ3n) is 12.6. The molecule has 4 fully saturated rings. The lowest BCUT2D eigenvalue weighted by atomic mass is 9.83. The number of alkyl carbamates (subject to hydrolysis) is 1. The molecule has 3 aromatic rings. The van der Waals surface area contributed by atoms with Crippen LogP contribution in [0.3, 0.4) is 0 Å². The molecular formula is C44H53N5O9S. The molecule has 3 saturated carbocycles. The third kappa shape index (κ3) is 8.62. The van der Waals surface area contributed by atoms with Crippen molar-refractivity contribution in [2.45, 2.75) is 112 Å². The zero-order valence-corrected chi connectivity index (χ0v) is 34.3. The van der Waals surface area contributed by atoms with Crippen LogP contribution < -0.4 is 24.8 Å². The van der Waals surface area contributed by atoms with Gasteiger partial charge in [-0.1, -0.05) is 55.7 Å². The number of aromatic nitrogens is 1. The van der Waals surface area contributed by atoms with Crippen LogP contribution >= 0.6 is 0 Å². The molecule has 0 spiro atoms. The molecule has 1 aromatic heterocycles. The van der Waals surface area contributed by atoms with Crippen LogP contribution in [0.2, 0.25) is 0 Å². The molecule has 5 aliphatic rings. The van der Waals surface area contributed by atoms with Crippen LogP contribution in [0.1, 0.15) is 82.6 Å². The number of carbonyl (C=O) groups excluding carboxylic acids is 4. The van der Waals surface area contributed by atoms with E-state index in [9.17, 15) is 27.6 Å². The summed E-state index contributed by atoms with van der Waals surface area (Å²) in [4.78, 5) is 63.0. The predicted molar refractivity (Wildman–Crippen MR) is 220 cm³/mol. The van der Waals surface area contributed by atoms with Crippen LogP contribution in [0.25, 0.3) is 22.2 Å². The summed E-state index contributed by atoms with van der Waals surface area (Å²) in [5.41, 5.74) is 1.61. The van der Waals surface area contributed by atoms with Gasteiger partial charge in [0.15, 0.2) is 0 Å². The van der Waals surface area contributed by atoms with Crippen molar-refractivity contribution >= 4 is 44.7 Å². The lowest BCUT2D eigenvalue weighted by Crippen LogP contribution is -2.59. The van der Waals surface area contributed by atoms with Crippen LogP contribution in [0.5, 0.6) is 11.5 Å². The van der Waals surface area contributed by atoms with Crippen LogP contribution in [-0.4, -0.2) is 91.4 Å². The number of rotatable bonds is 9. The number of hydrogen-bond acceptors (Lipinski definition) is 10. The van der Waals surface area contributed by atoms with Crippen molar-refractivity contribution in [2.75, 3.05) is 20.3 Å². The number of ether oxygens (including phenoxy) is 3. The standard InChI is InChI=1S/C44H53N5O9S/c1-3-30-25-44(30,42(52)48-59(54,55)32-18-19-32)47-40(50)36-22-31-26-49(36)41(51)39(28-15-9-5-10-16-28)46-43(53)57-20-12-6-11-17-29-21-33-35(24-37(29)56-2)45-34(23-38(33)58-31)27-13-7-4-8-14-27/h3-4,7-8,13-14,21,23-24,28,30-32,36,39H,1,5-6,9-12,15-20,22,25-26H2,2H3,(H,46,53)(H,47,50)(H,48,52)/t30-,31-,36+,39+,44-/m1/s1. The van der Waals surface area contributed by atoms with Crippen molar-refractivity contribution in [3.8, 4) is 22.8 Å². The highest BCUT2D eigenvalue weighted by Gasteiger charge is 2.62. The number of pyridine rings is 1. The Bertz CT molecular complexity index is 2230. The number of nitrogens with zero attached hydrogens (tertiary/aromatic N) is 2. The molecule has 2 aliphatic heterocycles. The third-order valence-corrected chi connectivity index (χ3v) is 14.4. The Balaban J connectivity index is 1.17.